The second kappa shape index (κ2) is 9.68. The third kappa shape index (κ3) is 5.28. The van der Waals surface area contributed by atoms with E-state index < -0.39 is 0 Å². The second-order valence-corrected chi connectivity index (χ2v) is 7.29. The summed E-state index contributed by atoms with van der Waals surface area (Å²) in [6, 6.07) is 2.16. The predicted molar refractivity (Wildman–Crippen MR) is 104 cm³/mol. The van der Waals surface area contributed by atoms with E-state index >= 15 is 0 Å². The molecule has 1 unspecified atom stereocenters. The number of aromatic nitrogens is 3. The summed E-state index contributed by atoms with van der Waals surface area (Å²) in [6.07, 6.45) is 5.18. The molecule has 8 heteroatoms. The lowest BCUT2D eigenvalue weighted by atomic mass is 10.2. The Balaban J connectivity index is 1.58. The fourth-order valence-corrected chi connectivity index (χ4v) is 3.71. The third-order valence-electron chi connectivity index (χ3n) is 4.48. The Hall–Kier alpha value is -1.93. The lowest BCUT2D eigenvalue weighted by Crippen LogP contribution is -2.40. The lowest BCUT2D eigenvalue weighted by molar-refractivity contribution is 0.117. The summed E-state index contributed by atoms with van der Waals surface area (Å²) in [5.41, 5.74) is 1.30. The minimum absolute atomic E-state index is 0.255. The molecule has 26 heavy (non-hydrogen) atoms. The first-order valence-electron chi connectivity index (χ1n) is 9.25. The minimum Gasteiger partial charge on any atom is -0.376 e. The van der Waals surface area contributed by atoms with Crippen LogP contribution >= 0.6 is 11.3 Å². The van der Waals surface area contributed by atoms with Crippen molar-refractivity contribution in [3.8, 4) is 0 Å². The molecule has 1 saturated heterocycles. The molecule has 7 nitrogen and oxygen atoms in total. The van der Waals surface area contributed by atoms with Crippen LogP contribution in [-0.2, 0) is 24.2 Å². The SMILES string of the molecule is CCc1nncn1CCNC(=NCC1CCCO1)N(C)Cc1ccsc1. The maximum atomic E-state index is 5.71. The summed E-state index contributed by atoms with van der Waals surface area (Å²) in [4.78, 5) is 6.99. The van der Waals surface area contributed by atoms with Gasteiger partial charge in [0.25, 0.3) is 0 Å². The normalized spacial score (nSPS) is 17.6. The number of nitrogens with one attached hydrogen (secondary N) is 1. The van der Waals surface area contributed by atoms with Crippen molar-refractivity contribution in [1.29, 1.82) is 0 Å². The van der Waals surface area contributed by atoms with Crippen LogP contribution in [0.15, 0.2) is 28.1 Å². The van der Waals surface area contributed by atoms with Gasteiger partial charge in [-0.05, 0) is 35.2 Å². The van der Waals surface area contributed by atoms with E-state index in [-0.39, 0.29) is 6.10 Å². The fourth-order valence-electron chi connectivity index (χ4n) is 3.05. The maximum Gasteiger partial charge on any atom is 0.194 e. The summed E-state index contributed by atoms with van der Waals surface area (Å²) in [5, 5.41) is 15.9. The van der Waals surface area contributed by atoms with E-state index in [1.807, 2.05) is 0 Å². The van der Waals surface area contributed by atoms with Crippen LogP contribution in [-0.4, -0.2) is 58.5 Å². The van der Waals surface area contributed by atoms with Crippen molar-refractivity contribution in [2.45, 2.75) is 45.4 Å². The molecule has 3 rings (SSSR count). The summed E-state index contributed by atoms with van der Waals surface area (Å²) in [5.74, 6) is 1.93. The smallest absolute Gasteiger partial charge is 0.194 e. The number of hydrogen-bond donors (Lipinski definition) is 1. The van der Waals surface area contributed by atoms with E-state index in [0.29, 0.717) is 6.54 Å². The molecule has 142 valence electrons. The number of aryl methyl sites for hydroxylation is 1. The van der Waals surface area contributed by atoms with Crippen LogP contribution in [0, 0.1) is 0 Å². The Kier molecular flexibility index (Phi) is 7.02. The largest absolute Gasteiger partial charge is 0.376 e. The maximum absolute atomic E-state index is 5.71. The molecule has 2 aromatic rings. The number of rotatable bonds is 8. The van der Waals surface area contributed by atoms with E-state index in [2.05, 4.69) is 55.8 Å². The van der Waals surface area contributed by atoms with Crippen LogP contribution in [0.2, 0.25) is 0 Å². The van der Waals surface area contributed by atoms with Gasteiger partial charge >= 0.3 is 0 Å². The van der Waals surface area contributed by atoms with Gasteiger partial charge in [-0.1, -0.05) is 6.92 Å². The number of ether oxygens (including phenoxy) is 1. The van der Waals surface area contributed by atoms with Gasteiger partial charge in [0.15, 0.2) is 5.96 Å². The zero-order valence-corrected chi connectivity index (χ0v) is 16.4. The average Bonchev–Trinajstić information content (AvgIpc) is 3.39. The van der Waals surface area contributed by atoms with Crippen molar-refractivity contribution >= 4 is 17.3 Å². The summed E-state index contributed by atoms with van der Waals surface area (Å²) >= 11 is 1.72. The molecule has 3 heterocycles. The highest BCUT2D eigenvalue weighted by atomic mass is 32.1. The van der Waals surface area contributed by atoms with Gasteiger partial charge in [0.1, 0.15) is 12.2 Å². The van der Waals surface area contributed by atoms with Crippen molar-refractivity contribution in [2.24, 2.45) is 4.99 Å². The van der Waals surface area contributed by atoms with Gasteiger partial charge in [-0.2, -0.15) is 11.3 Å². The van der Waals surface area contributed by atoms with Crippen molar-refractivity contribution < 1.29 is 4.74 Å². The van der Waals surface area contributed by atoms with Crippen LogP contribution in [0.3, 0.4) is 0 Å². The van der Waals surface area contributed by atoms with Crippen molar-refractivity contribution in [1.82, 2.24) is 25.0 Å². The number of guanidine groups is 1. The average molecular weight is 377 g/mol. The molecule has 1 atom stereocenters. The summed E-state index contributed by atoms with van der Waals surface area (Å²) in [7, 11) is 2.08. The van der Waals surface area contributed by atoms with E-state index in [4.69, 9.17) is 9.73 Å². The van der Waals surface area contributed by atoms with Crippen molar-refractivity contribution in [3.05, 3.63) is 34.5 Å². The summed E-state index contributed by atoms with van der Waals surface area (Å²) in [6.45, 7) is 6.11. The Morgan fingerprint density at radius 2 is 2.46 bits per heavy atom. The monoisotopic (exact) mass is 376 g/mol. The molecular weight excluding hydrogens is 348 g/mol. The quantitative estimate of drug-likeness (QED) is 0.565. The van der Waals surface area contributed by atoms with E-state index in [0.717, 1.165) is 57.3 Å². The van der Waals surface area contributed by atoms with Crippen LogP contribution in [0.25, 0.3) is 0 Å². The molecule has 1 aliphatic rings. The zero-order valence-electron chi connectivity index (χ0n) is 15.6. The Labute approximate surface area is 159 Å². The topological polar surface area (TPSA) is 67.6 Å². The van der Waals surface area contributed by atoms with Crippen molar-refractivity contribution in [3.63, 3.8) is 0 Å². The Morgan fingerprint density at radius 3 is 3.19 bits per heavy atom. The van der Waals surface area contributed by atoms with Crippen LogP contribution in [0.5, 0.6) is 0 Å². The second-order valence-electron chi connectivity index (χ2n) is 6.51. The third-order valence-corrected chi connectivity index (χ3v) is 5.21. The Bertz CT molecular complexity index is 678. The highest BCUT2D eigenvalue weighted by molar-refractivity contribution is 7.07. The van der Waals surface area contributed by atoms with Gasteiger partial charge in [-0.3, -0.25) is 4.99 Å². The number of thiophene rings is 1. The first-order valence-corrected chi connectivity index (χ1v) is 10.2. The molecule has 0 radical (unpaired) electrons. The van der Waals surface area contributed by atoms with Gasteiger partial charge in [0.05, 0.1) is 12.6 Å². The van der Waals surface area contributed by atoms with Crippen LogP contribution in [0.1, 0.15) is 31.2 Å². The minimum atomic E-state index is 0.255. The number of hydrogen-bond acceptors (Lipinski definition) is 5. The molecule has 1 aliphatic heterocycles. The van der Waals surface area contributed by atoms with Crippen LogP contribution < -0.4 is 5.32 Å². The predicted octanol–water partition coefficient (Wildman–Crippen LogP) is 2.16. The summed E-state index contributed by atoms with van der Waals surface area (Å²) < 4.78 is 7.80. The highest BCUT2D eigenvalue weighted by Crippen LogP contribution is 2.13. The van der Waals surface area contributed by atoms with Gasteiger partial charge < -0.3 is 19.5 Å². The first kappa shape index (κ1) is 18.8. The Morgan fingerprint density at radius 1 is 1.54 bits per heavy atom. The molecular formula is C18H28N6OS. The van der Waals surface area contributed by atoms with Gasteiger partial charge in [0, 0.05) is 39.7 Å². The molecule has 0 aromatic carbocycles. The van der Waals surface area contributed by atoms with E-state index in [1.165, 1.54) is 5.56 Å². The molecule has 1 fully saturated rings. The van der Waals surface area contributed by atoms with E-state index in [9.17, 15) is 0 Å². The fraction of sp³-hybridized carbons (Fsp3) is 0.611. The zero-order chi connectivity index (χ0) is 18.2. The number of aliphatic imine (C=N–C) groups is 1. The molecule has 2 aromatic heterocycles. The highest BCUT2D eigenvalue weighted by Gasteiger charge is 2.16. The van der Waals surface area contributed by atoms with Gasteiger partial charge in [0.2, 0.25) is 0 Å². The van der Waals surface area contributed by atoms with Gasteiger partial charge in [-0.15, -0.1) is 10.2 Å². The standard InChI is InChI=1S/C18H28N6OS/c1-3-17-22-21-14-24(17)8-7-19-18(20-11-16-5-4-9-25-16)23(2)12-15-6-10-26-13-15/h6,10,13-14,16H,3-5,7-9,11-12H2,1-2H3,(H,19,20). The lowest BCUT2D eigenvalue weighted by Gasteiger charge is -2.23. The molecule has 0 aliphatic carbocycles. The molecule has 0 bridgehead atoms. The molecule has 0 amide bonds. The molecule has 1 N–H and O–H groups in total. The van der Waals surface area contributed by atoms with E-state index in [1.54, 1.807) is 17.7 Å². The van der Waals surface area contributed by atoms with Gasteiger partial charge in [-0.25, -0.2) is 0 Å². The molecule has 0 saturated carbocycles. The number of nitrogens with zero attached hydrogens (tertiary/aromatic N) is 5. The van der Waals surface area contributed by atoms with Crippen LogP contribution in [0.4, 0.5) is 0 Å². The van der Waals surface area contributed by atoms with Crippen molar-refractivity contribution in [2.75, 3.05) is 26.7 Å². The first-order chi connectivity index (χ1) is 12.8. The molecule has 0 spiro atoms.